The minimum Gasteiger partial charge on any atom is -0.464 e. The fraction of sp³-hybridized carbons (Fsp3) is 0.478. The van der Waals surface area contributed by atoms with Crippen molar-refractivity contribution in [1.82, 2.24) is 14.9 Å². The highest BCUT2D eigenvalue weighted by Crippen LogP contribution is 2.34. The Morgan fingerprint density at radius 2 is 1.90 bits per heavy atom. The number of fused-ring (bicyclic) bond motifs is 1. The van der Waals surface area contributed by atoms with Crippen molar-refractivity contribution in [3.05, 3.63) is 47.5 Å². The van der Waals surface area contributed by atoms with Gasteiger partial charge in [0, 0.05) is 11.7 Å². The van der Waals surface area contributed by atoms with Crippen LogP contribution >= 0.6 is 0 Å². The van der Waals surface area contributed by atoms with E-state index in [-0.39, 0.29) is 29.9 Å². The smallest absolute Gasteiger partial charge is 0.359 e. The second-order valence-corrected chi connectivity index (χ2v) is 8.45. The second kappa shape index (κ2) is 8.17. The normalized spacial score (nSPS) is 21.1. The van der Waals surface area contributed by atoms with Crippen molar-refractivity contribution in [1.29, 1.82) is 0 Å². The molecule has 1 fully saturated rings. The van der Waals surface area contributed by atoms with Gasteiger partial charge in [0.15, 0.2) is 5.69 Å². The predicted octanol–water partition coefficient (Wildman–Crippen LogP) is 2.71. The Bertz CT molecular complexity index is 1010. The maximum absolute atomic E-state index is 13.7. The molecule has 1 aromatic carbocycles. The maximum atomic E-state index is 13.7. The fourth-order valence-corrected chi connectivity index (χ4v) is 4.57. The van der Waals surface area contributed by atoms with Gasteiger partial charge in [-0.2, -0.15) is 0 Å². The Hall–Kier alpha value is -3.16. The van der Waals surface area contributed by atoms with Crippen LogP contribution in [0.1, 0.15) is 66.1 Å². The number of amides is 2. The van der Waals surface area contributed by atoms with Crippen LogP contribution in [0.2, 0.25) is 0 Å². The van der Waals surface area contributed by atoms with Crippen molar-refractivity contribution in [3.63, 3.8) is 0 Å². The number of benzene rings is 1. The highest BCUT2D eigenvalue weighted by molar-refractivity contribution is 6.15. The molecule has 2 heterocycles. The number of carbonyl (C=O) groups is 3. The zero-order chi connectivity index (χ0) is 22.2. The van der Waals surface area contributed by atoms with Gasteiger partial charge in [-0.1, -0.05) is 31.9 Å². The van der Waals surface area contributed by atoms with Gasteiger partial charge in [0.25, 0.3) is 5.91 Å². The van der Waals surface area contributed by atoms with Crippen LogP contribution in [-0.2, 0) is 22.5 Å². The van der Waals surface area contributed by atoms with Gasteiger partial charge in [0.05, 0.1) is 20.0 Å². The molecule has 31 heavy (non-hydrogen) atoms. The number of aryl methyl sites for hydroxylation is 1. The van der Waals surface area contributed by atoms with Crippen LogP contribution in [0.4, 0.5) is 5.69 Å². The third-order valence-electron chi connectivity index (χ3n) is 6.38. The summed E-state index contributed by atoms with van der Waals surface area (Å²) in [7, 11) is 1.25. The van der Waals surface area contributed by atoms with Crippen molar-refractivity contribution in [2.45, 2.75) is 64.1 Å². The minimum atomic E-state index is -1.17. The van der Waals surface area contributed by atoms with Crippen LogP contribution in [0, 0.1) is 0 Å². The largest absolute Gasteiger partial charge is 0.464 e. The number of rotatable bonds is 5. The molecule has 0 spiro atoms. The molecular formula is C23H28N4O4. The third-order valence-corrected chi connectivity index (χ3v) is 6.38. The van der Waals surface area contributed by atoms with Crippen LogP contribution in [0.3, 0.4) is 0 Å². The number of hydrogen-bond donors (Lipinski definition) is 1. The molecule has 8 heteroatoms. The van der Waals surface area contributed by atoms with E-state index in [0.29, 0.717) is 5.69 Å². The fourth-order valence-electron chi connectivity index (χ4n) is 4.57. The first kappa shape index (κ1) is 21.1. The summed E-state index contributed by atoms with van der Waals surface area (Å²) < 4.78 is 6.39. The molecule has 1 aromatic heterocycles. The summed E-state index contributed by atoms with van der Waals surface area (Å²) in [4.78, 5) is 45.0. The van der Waals surface area contributed by atoms with Crippen LogP contribution in [0.25, 0.3) is 0 Å². The van der Waals surface area contributed by atoms with E-state index in [1.807, 2.05) is 24.3 Å². The Kier molecular flexibility index (Phi) is 5.56. The average Bonchev–Trinajstić information content (AvgIpc) is 3.43. The summed E-state index contributed by atoms with van der Waals surface area (Å²) in [5.41, 5.74) is 0.660. The average molecular weight is 425 g/mol. The molecule has 8 nitrogen and oxygen atoms in total. The second-order valence-electron chi connectivity index (χ2n) is 8.45. The number of nitrogens with zero attached hydrogens (tertiary/aromatic N) is 3. The summed E-state index contributed by atoms with van der Waals surface area (Å²) >= 11 is 0. The number of nitrogens with one attached hydrogen (secondary N) is 1. The number of anilines is 1. The standard InChI is InChI=1S/C23H28N4O4/c1-4-15-9-11-17(12-10-15)27-20(28)19-18(21(29)31-3)24-14-26(19)13-23(27,2)22(30)25-16-7-5-6-8-16/h9-12,14,16H,4-8,13H2,1-3H3,(H,25,30)/t23-/m1/s1. The lowest BCUT2D eigenvalue weighted by Gasteiger charge is -2.44. The molecule has 1 saturated carbocycles. The van der Waals surface area contributed by atoms with Gasteiger partial charge >= 0.3 is 5.97 Å². The molecule has 0 saturated heterocycles. The van der Waals surface area contributed by atoms with Crippen molar-refractivity contribution < 1.29 is 19.1 Å². The van der Waals surface area contributed by atoms with E-state index in [0.717, 1.165) is 37.7 Å². The molecule has 0 radical (unpaired) electrons. The zero-order valence-corrected chi connectivity index (χ0v) is 18.2. The van der Waals surface area contributed by atoms with E-state index in [2.05, 4.69) is 17.2 Å². The van der Waals surface area contributed by atoms with E-state index in [4.69, 9.17) is 4.74 Å². The number of imidazole rings is 1. The van der Waals surface area contributed by atoms with Crippen LogP contribution in [-0.4, -0.2) is 46.0 Å². The Morgan fingerprint density at radius 1 is 1.23 bits per heavy atom. The lowest BCUT2D eigenvalue weighted by Crippen LogP contribution is -2.65. The highest BCUT2D eigenvalue weighted by atomic mass is 16.5. The number of esters is 1. The number of ether oxygens (including phenoxy) is 1. The first-order valence-electron chi connectivity index (χ1n) is 10.8. The lowest BCUT2D eigenvalue weighted by molar-refractivity contribution is -0.127. The Balaban J connectivity index is 1.79. The van der Waals surface area contributed by atoms with E-state index in [1.54, 1.807) is 11.5 Å². The van der Waals surface area contributed by atoms with E-state index >= 15 is 0 Å². The number of hydrogen-bond acceptors (Lipinski definition) is 5. The van der Waals surface area contributed by atoms with Crippen molar-refractivity contribution in [2.24, 2.45) is 0 Å². The molecule has 1 atom stereocenters. The van der Waals surface area contributed by atoms with Gasteiger partial charge in [0.1, 0.15) is 11.2 Å². The number of methoxy groups -OCH3 is 1. The molecule has 2 amide bonds. The molecule has 2 aromatic rings. The van der Waals surface area contributed by atoms with Gasteiger partial charge in [-0.15, -0.1) is 0 Å². The highest BCUT2D eigenvalue weighted by Gasteiger charge is 2.50. The monoisotopic (exact) mass is 424 g/mol. The van der Waals surface area contributed by atoms with E-state index in [1.165, 1.54) is 18.3 Å². The predicted molar refractivity (Wildman–Crippen MR) is 115 cm³/mol. The van der Waals surface area contributed by atoms with Gasteiger partial charge in [0.2, 0.25) is 5.91 Å². The van der Waals surface area contributed by atoms with E-state index in [9.17, 15) is 14.4 Å². The maximum Gasteiger partial charge on any atom is 0.359 e. The van der Waals surface area contributed by atoms with Crippen LogP contribution in [0.5, 0.6) is 0 Å². The minimum absolute atomic E-state index is 0.0408. The SMILES string of the molecule is CCc1ccc(N2C(=O)c3c(C(=O)OC)ncn3C[C@]2(C)C(=O)NC2CCCC2)cc1. The topological polar surface area (TPSA) is 93.5 Å². The summed E-state index contributed by atoms with van der Waals surface area (Å²) in [6, 6.07) is 7.72. The molecule has 4 rings (SSSR count). The quantitative estimate of drug-likeness (QED) is 0.745. The van der Waals surface area contributed by atoms with Crippen LogP contribution in [0.15, 0.2) is 30.6 Å². The summed E-state index contributed by atoms with van der Waals surface area (Å²) in [5, 5.41) is 3.15. The van der Waals surface area contributed by atoms with E-state index < -0.39 is 17.4 Å². The third kappa shape index (κ3) is 3.60. The van der Waals surface area contributed by atoms with Crippen LogP contribution < -0.4 is 10.2 Å². The van der Waals surface area contributed by atoms with Crippen molar-refractivity contribution in [2.75, 3.05) is 12.0 Å². The molecule has 0 unspecified atom stereocenters. The van der Waals surface area contributed by atoms with Gasteiger partial charge in [-0.05, 0) is 43.9 Å². The van der Waals surface area contributed by atoms with Gasteiger partial charge in [-0.3, -0.25) is 14.5 Å². The van der Waals surface area contributed by atoms with Gasteiger partial charge in [-0.25, -0.2) is 9.78 Å². The lowest BCUT2D eigenvalue weighted by atomic mass is 9.92. The summed E-state index contributed by atoms with van der Waals surface area (Å²) in [6.45, 7) is 4.01. The summed E-state index contributed by atoms with van der Waals surface area (Å²) in [6.07, 6.45) is 6.38. The number of aromatic nitrogens is 2. The molecule has 1 N–H and O–H groups in total. The van der Waals surface area contributed by atoms with Crippen molar-refractivity contribution >= 4 is 23.5 Å². The summed E-state index contributed by atoms with van der Waals surface area (Å²) in [5.74, 6) is -1.33. The molecule has 164 valence electrons. The zero-order valence-electron chi connectivity index (χ0n) is 18.2. The molecule has 1 aliphatic carbocycles. The molecule has 0 bridgehead atoms. The molecule has 1 aliphatic heterocycles. The Labute approximate surface area is 181 Å². The number of carbonyl (C=O) groups excluding carboxylic acids is 3. The first-order chi connectivity index (χ1) is 14.9. The molecular weight excluding hydrogens is 396 g/mol. The molecule has 2 aliphatic rings. The Morgan fingerprint density at radius 3 is 2.52 bits per heavy atom. The van der Waals surface area contributed by atoms with Gasteiger partial charge < -0.3 is 14.6 Å². The van der Waals surface area contributed by atoms with Crippen molar-refractivity contribution in [3.8, 4) is 0 Å². The first-order valence-corrected chi connectivity index (χ1v) is 10.8.